The molecule has 0 N–H and O–H groups in total. The maximum absolute atomic E-state index is 12.8. The van der Waals surface area contributed by atoms with Gasteiger partial charge in [0.2, 0.25) is 0 Å². The molecule has 1 atom stereocenters. The molecule has 2 aromatic rings. The quantitative estimate of drug-likeness (QED) is 0.474. The van der Waals surface area contributed by atoms with Crippen LogP contribution in [0.15, 0.2) is 53.4 Å². The Morgan fingerprint density at radius 2 is 1.83 bits per heavy atom. The fourth-order valence-electron chi connectivity index (χ4n) is 2.45. The van der Waals surface area contributed by atoms with Crippen LogP contribution >= 0.6 is 47.2 Å². The minimum absolute atomic E-state index is 0.0903. The first-order valence-electron chi connectivity index (χ1n) is 7.24. The molecule has 0 aliphatic carbocycles. The van der Waals surface area contributed by atoms with Crippen molar-refractivity contribution < 1.29 is 4.79 Å². The van der Waals surface area contributed by atoms with Gasteiger partial charge in [-0.3, -0.25) is 9.69 Å². The number of halogens is 2. The smallest absolute Gasteiger partial charge is 0.266 e. The highest BCUT2D eigenvalue weighted by Crippen LogP contribution is 2.38. The Labute approximate surface area is 160 Å². The highest BCUT2D eigenvalue weighted by Gasteiger charge is 2.35. The van der Waals surface area contributed by atoms with Gasteiger partial charge in [-0.15, -0.1) is 0 Å². The summed E-state index contributed by atoms with van der Waals surface area (Å²) in [6.07, 6.45) is 1.79. The van der Waals surface area contributed by atoms with E-state index in [9.17, 15) is 4.79 Å². The van der Waals surface area contributed by atoms with E-state index in [2.05, 4.69) is 0 Å². The second-order valence-electron chi connectivity index (χ2n) is 5.31. The van der Waals surface area contributed by atoms with Crippen molar-refractivity contribution in [3.63, 3.8) is 0 Å². The van der Waals surface area contributed by atoms with Crippen molar-refractivity contribution in [2.45, 2.75) is 13.0 Å². The van der Waals surface area contributed by atoms with Crippen LogP contribution in [0.4, 0.5) is 0 Å². The van der Waals surface area contributed by atoms with Gasteiger partial charge < -0.3 is 0 Å². The SMILES string of the molecule is CC(c1ccccc1)N1C(=O)/C(=C/c2ccc(Cl)c(Cl)c2)SC1=S. The summed E-state index contributed by atoms with van der Waals surface area (Å²) < 4.78 is 0.558. The van der Waals surface area contributed by atoms with E-state index in [0.29, 0.717) is 19.3 Å². The van der Waals surface area contributed by atoms with Gasteiger partial charge in [-0.1, -0.05) is 83.6 Å². The monoisotopic (exact) mass is 393 g/mol. The minimum Gasteiger partial charge on any atom is -0.286 e. The van der Waals surface area contributed by atoms with Gasteiger partial charge in [0, 0.05) is 0 Å². The maximum atomic E-state index is 12.8. The maximum Gasteiger partial charge on any atom is 0.266 e. The molecule has 0 saturated carbocycles. The van der Waals surface area contributed by atoms with Gasteiger partial charge in [-0.2, -0.15) is 0 Å². The molecule has 1 amide bonds. The van der Waals surface area contributed by atoms with Gasteiger partial charge in [0.25, 0.3) is 5.91 Å². The number of nitrogens with zero attached hydrogens (tertiary/aromatic N) is 1. The number of rotatable bonds is 3. The van der Waals surface area contributed by atoms with Gasteiger partial charge in [-0.05, 0) is 36.3 Å². The summed E-state index contributed by atoms with van der Waals surface area (Å²) in [5.41, 5.74) is 1.86. The Kier molecular flexibility index (Phi) is 5.30. The molecule has 1 fully saturated rings. The second kappa shape index (κ2) is 7.28. The number of carbonyl (C=O) groups is 1. The third-order valence-corrected chi connectivity index (χ3v) is 5.80. The lowest BCUT2D eigenvalue weighted by Gasteiger charge is -2.23. The summed E-state index contributed by atoms with van der Waals surface area (Å²) in [5.74, 6) is -0.0903. The Bertz CT molecular complexity index is 836. The molecule has 122 valence electrons. The normalized spacial score (nSPS) is 17.6. The van der Waals surface area contributed by atoms with E-state index in [0.717, 1.165) is 11.1 Å². The lowest BCUT2D eigenvalue weighted by Crippen LogP contribution is -2.30. The largest absolute Gasteiger partial charge is 0.286 e. The molecule has 1 heterocycles. The second-order valence-corrected chi connectivity index (χ2v) is 7.80. The van der Waals surface area contributed by atoms with Crippen LogP contribution in [0.1, 0.15) is 24.1 Å². The molecule has 0 aromatic heterocycles. The molecule has 0 spiro atoms. The molecule has 1 aliphatic rings. The summed E-state index contributed by atoms with van der Waals surface area (Å²) in [5, 5.41) is 0.942. The number of thioether (sulfide) groups is 1. The van der Waals surface area contributed by atoms with Crippen LogP contribution < -0.4 is 0 Å². The van der Waals surface area contributed by atoms with E-state index < -0.39 is 0 Å². The molecule has 1 aliphatic heterocycles. The zero-order chi connectivity index (χ0) is 17.3. The lowest BCUT2D eigenvalue weighted by atomic mass is 10.1. The molecule has 0 radical (unpaired) electrons. The first kappa shape index (κ1) is 17.5. The number of carbonyl (C=O) groups excluding carboxylic acids is 1. The zero-order valence-electron chi connectivity index (χ0n) is 12.7. The number of thiocarbonyl (C=S) groups is 1. The van der Waals surface area contributed by atoms with Gasteiger partial charge >= 0.3 is 0 Å². The molecule has 2 aromatic carbocycles. The van der Waals surface area contributed by atoms with Crippen molar-refractivity contribution >= 4 is 63.5 Å². The predicted molar refractivity (Wildman–Crippen MR) is 106 cm³/mol. The molecule has 1 saturated heterocycles. The average Bonchev–Trinajstić information content (AvgIpc) is 2.85. The molecule has 6 heteroatoms. The fourth-order valence-corrected chi connectivity index (χ4v) is 4.17. The van der Waals surface area contributed by atoms with E-state index in [4.69, 9.17) is 35.4 Å². The zero-order valence-corrected chi connectivity index (χ0v) is 15.8. The Hall–Kier alpha value is -1.33. The van der Waals surface area contributed by atoms with E-state index in [1.807, 2.05) is 43.3 Å². The van der Waals surface area contributed by atoms with Crippen molar-refractivity contribution in [3.8, 4) is 0 Å². The Balaban J connectivity index is 1.88. The summed E-state index contributed by atoms with van der Waals surface area (Å²) in [6, 6.07) is 15.0. The minimum atomic E-state index is -0.113. The van der Waals surface area contributed by atoms with Crippen LogP contribution in [0.3, 0.4) is 0 Å². The Morgan fingerprint density at radius 3 is 2.50 bits per heavy atom. The lowest BCUT2D eigenvalue weighted by molar-refractivity contribution is -0.123. The van der Waals surface area contributed by atoms with E-state index in [-0.39, 0.29) is 11.9 Å². The molecule has 3 rings (SSSR count). The summed E-state index contributed by atoms with van der Waals surface area (Å²) in [6.45, 7) is 1.97. The van der Waals surface area contributed by atoms with Crippen LogP contribution in [0.25, 0.3) is 6.08 Å². The van der Waals surface area contributed by atoms with E-state index in [1.54, 1.807) is 23.1 Å². The van der Waals surface area contributed by atoms with Crippen LogP contribution in [-0.2, 0) is 4.79 Å². The Morgan fingerprint density at radius 1 is 1.12 bits per heavy atom. The number of hydrogen-bond acceptors (Lipinski definition) is 3. The summed E-state index contributed by atoms with van der Waals surface area (Å²) >= 11 is 18.7. The molecule has 24 heavy (non-hydrogen) atoms. The van der Waals surface area contributed by atoms with E-state index in [1.165, 1.54) is 11.8 Å². The van der Waals surface area contributed by atoms with Crippen molar-refractivity contribution in [1.82, 2.24) is 4.90 Å². The van der Waals surface area contributed by atoms with Gasteiger partial charge in [-0.25, -0.2) is 0 Å². The summed E-state index contributed by atoms with van der Waals surface area (Å²) in [4.78, 5) is 15.0. The highest BCUT2D eigenvalue weighted by atomic mass is 35.5. The number of benzene rings is 2. The molecule has 1 unspecified atom stereocenters. The van der Waals surface area contributed by atoms with Crippen LogP contribution in [0.5, 0.6) is 0 Å². The van der Waals surface area contributed by atoms with Crippen molar-refractivity contribution in [3.05, 3.63) is 74.6 Å². The van der Waals surface area contributed by atoms with E-state index >= 15 is 0 Å². The molecule has 0 bridgehead atoms. The van der Waals surface area contributed by atoms with Crippen molar-refractivity contribution in [2.75, 3.05) is 0 Å². The fraction of sp³-hybridized carbons (Fsp3) is 0.111. The third-order valence-electron chi connectivity index (χ3n) is 3.73. The molecular formula is C18H13Cl2NOS2. The molecule has 2 nitrogen and oxygen atoms in total. The van der Waals surface area contributed by atoms with Crippen LogP contribution in [-0.4, -0.2) is 15.1 Å². The highest BCUT2D eigenvalue weighted by molar-refractivity contribution is 8.26. The average molecular weight is 394 g/mol. The topological polar surface area (TPSA) is 20.3 Å². The first-order chi connectivity index (χ1) is 11.5. The van der Waals surface area contributed by atoms with Gasteiger partial charge in [0.05, 0.1) is 21.0 Å². The standard InChI is InChI=1S/C18H13Cl2NOS2/c1-11(13-5-3-2-4-6-13)21-17(22)16(24-18(21)23)10-12-7-8-14(19)15(20)9-12/h2-11H,1H3/b16-10-. The van der Waals surface area contributed by atoms with Crippen molar-refractivity contribution in [2.24, 2.45) is 0 Å². The first-order valence-corrected chi connectivity index (χ1v) is 9.22. The van der Waals surface area contributed by atoms with Crippen molar-refractivity contribution in [1.29, 1.82) is 0 Å². The molecular weight excluding hydrogens is 381 g/mol. The summed E-state index contributed by atoms with van der Waals surface area (Å²) in [7, 11) is 0. The third kappa shape index (κ3) is 3.52. The van der Waals surface area contributed by atoms with Crippen LogP contribution in [0.2, 0.25) is 10.0 Å². The van der Waals surface area contributed by atoms with Crippen LogP contribution in [0, 0.1) is 0 Å². The van der Waals surface area contributed by atoms with Gasteiger partial charge in [0.1, 0.15) is 4.32 Å². The number of hydrogen-bond donors (Lipinski definition) is 0. The predicted octanol–water partition coefficient (Wildman–Crippen LogP) is 5.96. The number of amides is 1. The van der Waals surface area contributed by atoms with Gasteiger partial charge in [0.15, 0.2) is 0 Å².